The molecule has 0 aromatic carbocycles. The fourth-order valence-electron chi connectivity index (χ4n) is 1.20. The SMILES string of the molecule is c1cc2n(n1)CSCCC2. The predicted octanol–water partition coefficient (Wildman–Crippen LogP) is 1.52. The lowest BCUT2D eigenvalue weighted by atomic mass is 10.2. The second-order valence-corrected chi connectivity index (χ2v) is 3.54. The van der Waals surface area contributed by atoms with E-state index in [0.29, 0.717) is 0 Å². The Morgan fingerprint density at radius 3 is 3.60 bits per heavy atom. The van der Waals surface area contributed by atoms with E-state index in [9.17, 15) is 0 Å². The number of thioether (sulfide) groups is 1. The van der Waals surface area contributed by atoms with Gasteiger partial charge in [0.2, 0.25) is 0 Å². The van der Waals surface area contributed by atoms with Gasteiger partial charge in [0.25, 0.3) is 0 Å². The summed E-state index contributed by atoms with van der Waals surface area (Å²) in [5, 5.41) is 4.21. The van der Waals surface area contributed by atoms with Gasteiger partial charge in [0.05, 0.1) is 5.88 Å². The van der Waals surface area contributed by atoms with Crippen LogP contribution in [0, 0.1) is 0 Å². The summed E-state index contributed by atoms with van der Waals surface area (Å²) in [7, 11) is 0. The first-order chi connectivity index (χ1) is 4.97. The number of aromatic nitrogens is 2. The van der Waals surface area contributed by atoms with Crippen molar-refractivity contribution in [1.29, 1.82) is 0 Å². The van der Waals surface area contributed by atoms with Crippen LogP contribution in [0.4, 0.5) is 0 Å². The average Bonchev–Trinajstić information content (AvgIpc) is 2.28. The highest BCUT2D eigenvalue weighted by Crippen LogP contribution is 2.15. The summed E-state index contributed by atoms with van der Waals surface area (Å²) in [6.07, 6.45) is 4.39. The van der Waals surface area contributed by atoms with Crippen molar-refractivity contribution in [2.75, 3.05) is 5.75 Å². The monoisotopic (exact) mass is 154 g/mol. The molecule has 0 bridgehead atoms. The van der Waals surface area contributed by atoms with Crippen LogP contribution in [-0.4, -0.2) is 15.5 Å². The molecule has 0 spiro atoms. The molecule has 2 nitrogen and oxygen atoms in total. The maximum absolute atomic E-state index is 4.21. The van der Waals surface area contributed by atoms with Gasteiger partial charge in [-0.25, -0.2) is 0 Å². The highest BCUT2D eigenvalue weighted by Gasteiger charge is 2.05. The van der Waals surface area contributed by atoms with Crippen molar-refractivity contribution in [3.05, 3.63) is 18.0 Å². The number of rotatable bonds is 0. The Balaban J connectivity index is 2.28. The molecule has 3 heteroatoms. The van der Waals surface area contributed by atoms with E-state index >= 15 is 0 Å². The second-order valence-electron chi connectivity index (χ2n) is 2.46. The van der Waals surface area contributed by atoms with Crippen LogP contribution in [0.2, 0.25) is 0 Å². The van der Waals surface area contributed by atoms with E-state index in [1.807, 2.05) is 18.0 Å². The predicted molar refractivity (Wildman–Crippen MR) is 43.0 cm³/mol. The third kappa shape index (κ3) is 1.06. The fraction of sp³-hybridized carbons (Fsp3) is 0.571. The summed E-state index contributed by atoms with van der Waals surface area (Å²) >= 11 is 1.96. The third-order valence-electron chi connectivity index (χ3n) is 1.74. The van der Waals surface area contributed by atoms with Crippen molar-refractivity contribution in [3.8, 4) is 0 Å². The van der Waals surface area contributed by atoms with Crippen LogP contribution >= 0.6 is 11.8 Å². The molecule has 2 rings (SSSR count). The molecule has 1 aromatic heterocycles. The molecule has 10 heavy (non-hydrogen) atoms. The molecule has 0 radical (unpaired) electrons. The van der Waals surface area contributed by atoms with E-state index in [1.165, 1.54) is 24.3 Å². The molecule has 0 unspecified atom stereocenters. The van der Waals surface area contributed by atoms with Gasteiger partial charge >= 0.3 is 0 Å². The molecule has 0 fully saturated rings. The van der Waals surface area contributed by atoms with Crippen LogP contribution < -0.4 is 0 Å². The van der Waals surface area contributed by atoms with Gasteiger partial charge in [0.1, 0.15) is 0 Å². The summed E-state index contributed by atoms with van der Waals surface area (Å²) in [6, 6.07) is 2.12. The van der Waals surface area contributed by atoms with Crippen molar-refractivity contribution < 1.29 is 0 Å². The first kappa shape index (κ1) is 6.28. The standard InChI is InChI=1S/C7H10N2S/c1-2-7-3-4-8-9(7)6-10-5-1/h3-4H,1-2,5-6H2. The molecule has 1 aliphatic heterocycles. The molecule has 0 atom stereocenters. The topological polar surface area (TPSA) is 17.8 Å². The van der Waals surface area contributed by atoms with Gasteiger partial charge in [0.15, 0.2) is 0 Å². The summed E-state index contributed by atoms with van der Waals surface area (Å²) in [5.41, 5.74) is 1.39. The largest absolute Gasteiger partial charge is 0.260 e. The highest BCUT2D eigenvalue weighted by molar-refractivity contribution is 7.98. The number of aryl methyl sites for hydroxylation is 1. The highest BCUT2D eigenvalue weighted by atomic mass is 32.2. The van der Waals surface area contributed by atoms with Crippen LogP contribution in [0.3, 0.4) is 0 Å². The van der Waals surface area contributed by atoms with Crippen LogP contribution in [0.25, 0.3) is 0 Å². The molecule has 2 heterocycles. The molecular weight excluding hydrogens is 144 g/mol. The van der Waals surface area contributed by atoms with Gasteiger partial charge in [-0.1, -0.05) is 0 Å². The third-order valence-corrected chi connectivity index (χ3v) is 2.74. The molecular formula is C7H10N2S. The lowest BCUT2D eigenvalue weighted by Gasteiger charge is -1.98. The van der Waals surface area contributed by atoms with Gasteiger partial charge < -0.3 is 0 Å². The van der Waals surface area contributed by atoms with Crippen molar-refractivity contribution >= 4 is 11.8 Å². The Morgan fingerprint density at radius 2 is 2.60 bits per heavy atom. The Hall–Kier alpha value is -0.440. The minimum Gasteiger partial charge on any atom is -0.260 e. The minimum atomic E-state index is 1.04. The van der Waals surface area contributed by atoms with Gasteiger partial charge in [-0.15, -0.1) is 11.8 Å². The van der Waals surface area contributed by atoms with E-state index in [2.05, 4.69) is 15.8 Å². The molecule has 0 N–H and O–H groups in total. The number of hydrogen-bond acceptors (Lipinski definition) is 2. The van der Waals surface area contributed by atoms with E-state index in [4.69, 9.17) is 0 Å². The maximum atomic E-state index is 4.21. The maximum Gasteiger partial charge on any atom is 0.0866 e. The quantitative estimate of drug-likeness (QED) is 0.564. The van der Waals surface area contributed by atoms with E-state index in [-0.39, 0.29) is 0 Å². The van der Waals surface area contributed by atoms with Crippen molar-refractivity contribution in [1.82, 2.24) is 9.78 Å². The smallest absolute Gasteiger partial charge is 0.0866 e. The zero-order valence-corrected chi connectivity index (χ0v) is 6.60. The van der Waals surface area contributed by atoms with Crippen LogP contribution in [0.15, 0.2) is 12.3 Å². The Bertz CT molecular complexity index is 199. The molecule has 0 saturated carbocycles. The Kier molecular flexibility index (Phi) is 1.67. The lowest BCUT2D eigenvalue weighted by molar-refractivity contribution is 0.701. The van der Waals surface area contributed by atoms with Gasteiger partial charge in [-0.2, -0.15) is 5.10 Å². The number of nitrogens with zero attached hydrogens (tertiary/aromatic N) is 2. The Morgan fingerprint density at radius 1 is 1.60 bits per heavy atom. The molecule has 1 aromatic rings. The van der Waals surface area contributed by atoms with Crippen molar-refractivity contribution in [2.45, 2.75) is 18.7 Å². The van der Waals surface area contributed by atoms with Crippen LogP contribution in [0.5, 0.6) is 0 Å². The van der Waals surface area contributed by atoms with Gasteiger partial charge in [0, 0.05) is 11.9 Å². The summed E-state index contributed by atoms with van der Waals surface area (Å²) < 4.78 is 2.09. The summed E-state index contributed by atoms with van der Waals surface area (Å²) in [4.78, 5) is 0. The zero-order valence-electron chi connectivity index (χ0n) is 5.79. The lowest BCUT2D eigenvalue weighted by Crippen LogP contribution is -1.98. The van der Waals surface area contributed by atoms with Crippen molar-refractivity contribution in [2.24, 2.45) is 0 Å². The fourth-order valence-corrected chi connectivity index (χ4v) is 2.08. The summed E-state index contributed by atoms with van der Waals surface area (Å²) in [6.45, 7) is 0. The molecule has 0 aliphatic carbocycles. The molecule has 54 valence electrons. The first-order valence-corrected chi connectivity index (χ1v) is 4.71. The van der Waals surface area contributed by atoms with Crippen molar-refractivity contribution in [3.63, 3.8) is 0 Å². The van der Waals surface area contributed by atoms with Gasteiger partial charge in [-0.3, -0.25) is 4.68 Å². The first-order valence-electron chi connectivity index (χ1n) is 3.55. The zero-order chi connectivity index (χ0) is 6.81. The second kappa shape index (κ2) is 2.66. The molecule has 0 amide bonds. The van der Waals surface area contributed by atoms with E-state index in [0.717, 1.165) is 5.88 Å². The van der Waals surface area contributed by atoms with Gasteiger partial charge in [-0.05, 0) is 24.7 Å². The van der Waals surface area contributed by atoms with E-state index in [1.54, 1.807) is 0 Å². The number of hydrogen-bond donors (Lipinski definition) is 0. The normalized spacial score (nSPS) is 18.0. The Labute approximate surface area is 64.6 Å². The summed E-state index contributed by atoms with van der Waals surface area (Å²) in [5.74, 6) is 2.33. The van der Waals surface area contributed by atoms with E-state index < -0.39 is 0 Å². The van der Waals surface area contributed by atoms with Crippen LogP contribution in [-0.2, 0) is 12.3 Å². The molecule has 1 aliphatic rings. The average molecular weight is 154 g/mol. The number of fused-ring (bicyclic) bond motifs is 1. The van der Waals surface area contributed by atoms with Crippen LogP contribution in [0.1, 0.15) is 12.1 Å². The minimum absolute atomic E-state index is 1.04. The molecule has 0 saturated heterocycles.